The van der Waals surface area contributed by atoms with Crippen molar-refractivity contribution in [2.75, 3.05) is 18.0 Å². The Morgan fingerprint density at radius 1 is 1.36 bits per heavy atom. The number of benzene rings is 1. The van der Waals surface area contributed by atoms with Crippen molar-refractivity contribution in [1.82, 2.24) is 5.32 Å². The number of hydrogen-bond acceptors (Lipinski definition) is 4. The first-order valence-corrected chi connectivity index (χ1v) is 7.14. The second-order valence-electron chi connectivity index (χ2n) is 5.42. The number of carbonyl (C=O) groups is 2. The summed E-state index contributed by atoms with van der Waals surface area (Å²) in [6.45, 7) is 2.86. The van der Waals surface area contributed by atoms with E-state index in [0.29, 0.717) is 31.5 Å². The normalized spacial score (nSPS) is 17.1. The van der Waals surface area contributed by atoms with E-state index < -0.39 is 23.7 Å². The van der Waals surface area contributed by atoms with Gasteiger partial charge >= 0.3 is 11.9 Å². The second kappa shape index (κ2) is 6.74. The van der Waals surface area contributed by atoms with E-state index in [0.717, 1.165) is 5.69 Å². The van der Waals surface area contributed by atoms with Crippen LogP contribution in [0.5, 0.6) is 0 Å². The summed E-state index contributed by atoms with van der Waals surface area (Å²) in [7, 11) is 0. The van der Waals surface area contributed by atoms with Crippen LogP contribution in [-0.4, -0.2) is 41.3 Å². The highest BCUT2D eigenvalue weighted by molar-refractivity contribution is 6.31. The number of carboxylic acids is 1. The minimum Gasteiger partial charge on any atom is -0.474 e. The fourth-order valence-corrected chi connectivity index (χ4v) is 2.60. The molecule has 1 unspecified atom stereocenters. The number of halogens is 1. The molecular weight excluding hydrogens is 291 g/mol. The molecular formula is C15H19FN2O4. The van der Waals surface area contributed by atoms with E-state index in [1.807, 2.05) is 4.90 Å². The number of carbonyl (C=O) groups excluding carboxylic acids is 1. The monoisotopic (exact) mass is 310 g/mol. The van der Waals surface area contributed by atoms with Crippen molar-refractivity contribution in [3.05, 3.63) is 29.6 Å². The molecule has 0 aliphatic carbocycles. The van der Waals surface area contributed by atoms with E-state index in [9.17, 15) is 19.1 Å². The van der Waals surface area contributed by atoms with Crippen LogP contribution in [0.15, 0.2) is 18.2 Å². The lowest BCUT2D eigenvalue weighted by Crippen LogP contribution is -2.38. The van der Waals surface area contributed by atoms with Crippen LogP contribution in [0.25, 0.3) is 0 Å². The molecule has 0 spiro atoms. The van der Waals surface area contributed by atoms with Gasteiger partial charge in [0.15, 0.2) is 0 Å². The average molecular weight is 310 g/mol. The predicted molar refractivity (Wildman–Crippen MR) is 78.0 cm³/mol. The lowest BCUT2D eigenvalue weighted by Gasteiger charge is -2.34. The molecule has 0 radical (unpaired) electrons. The quantitative estimate of drug-likeness (QED) is 0.726. The van der Waals surface area contributed by atoms with Crippen LogP contribution >= 0.6 is 0 Å². The van der Waals surface area contributed by atoms with Gasteiger partial charge in [0.25, 0.3) is 0 Å². The zero-order chi connectivity index (χ0) is 16.3. The fraction of sp³-hybridized carbons (Fsp3) is 0.467. The van der Waals surface area contributed by atoms with Crippen LogP contribution in [0.3, 0.4) is 0 Å². The lowest BCUT2D eigenvalue weighted by molar-refractivity contribution is -0.150. The third kappa shape index (κ3) is 3.73. The zero-order valence-electron chi connectivity index (χ0n) is 12.3. The number of aliphatic hydroxyl groups excluding tert-OH is 1. The molecule has 1 atom stereocenters. The Kier molecular flexibility index (Phi) is 4.97. The van der Waals surface area contributed by atoms with E-state index in [1.165, 1.54) is 12.1 Å². The topological polar surface area (TPSA) is 89.9 Å². The molecule has 7 heteroatoms. The molecule has 1 amide bonds. The number of aliphatic carboxylic acids is 1. The van der Waals surface area contributed by atoms with Crippen molar-refractivity contribution >= 4 is 17.6 Å². The molecule has 0 saturated carbocycles. The third-order valence-corrected chi connectivity index (χ3v) is 3.80. The first-order chi connectivity index (χ1) is 10.4. The van der Waals surface area contributed by atoms with Crippen LogP contribution in [0.4, 0.5) is 10.1 Å². The summed E-state index contributed by atoms with van der Waals surface area (Å²) in [5.74, 6) is -3.16. The maximum atomic E-state index is 13.5. The van der Waals surface area contributed by atoms with Gasteiger partial charge in [-0.25, -0.2) is 9.18 Å². The standard InChI is InChI=1S/C15H19FN2O4/c1-9(17-14(20)15(21)22)12-8-10(16)2-3-13(12)18-6-4-11(19)5-7-18/h2-3,8-9,11,19H,4-7H2,1H3,(H,17,20)(H,21,22). The van der Waals surface area contributed by atoms with Crippen molar-refractivity contribution in [3.63, 3.8) is 0 Å². The van der Waals surface area contributed by atoms with Crippen LogP contribution < -0.4 is 10.2 Å². The largest absolute Gasteiger partial charge is 0.474 e. The Balaban J connectivity index is 2.24. The van der Waals surface area contributed by atoms with Gasteiger partial charge in [0.2, 0.25) is 0 Å². The summed E-state index contributed by atoms with van der Waals surface area (Å²) >= 11 is 0. The van der Waals surface area contributed by atoms with Gasteiger partial charge < -0.3 is 20.4 Å². The maximum Gasteiger partial charge on any atom is 0.394 e. The molecule has 1 aliphatic heterocycles. The summed E-state index contributed by atoms with van der Waals surface area (Å²) in [5.41, 5.74) is 1.26. The number of carboxylic acid groups (broad SMARTS) is 1. The van der Waals surface area contributed by atoms with Gasteiger partial charge in [-0.15, -0.1) is 0 Å². The van der Waals surface area contributed by atoms with Gasteiger partial charge in [-0.3, -0.25) is 4.79 Å². The lowest BCUT2D eigenvalue weighted by atomic mass is 10.0. The maximum absolute atomic E-state index is 13.5. The molecule has 1 aliphatic rings. The van der Waals surface area contributed by atoms with Crippen molar-refractivity contribution < 1.29 is 24.2 Å². The van der Waals surface area contributed by atoms with Gasteiger partial charge in [0.1, 0.15) is 5.82 Å². The minimum atomic E-state index is -1.58. The molecule has 120 valence electrons. The van der Waals surface area contributed by atoms with E-state index in [1.54, 1.807) is 13.0 Å². The molecule has 2 rings (SSSR count). The number of piperidine rings is 1. The van der Waals surface area contributed by atoms with Gasteiger partial charge in [0.05, 0.1) is 12.1 Å². The van der Waals surface area contributed by atoms with Crippen molar-refractivity contribution in [2.24, 2.45) is 0 Å². The first-order valence-electron chi connectivity index (χ1n) is 7.14. The Labute approximate surface area is 127 Å². The van der Waals surface area contributed by atoms with Gasteiger partial charge in [-0.2, -0.15) is 0 Å². The highest BCUT2D eigenvalue weighted by atomic mass is 19.1. The summed E-state index contributed by atoms with van der Waals surface area (Å²) in [5, 5.41) is 20.6. The second-order valence-corrected chi connectivity index (χ2v) is 5.42. The smallest absolute Gasteiger partial charge is 0.394 e. The molecule has 1 aromatic carbocycles. The Hall–Kier alpha value is -2.15. The van der Waals surface area contributed by atoms with E-state index in [2.05, 4.69) is 5.32 Å². The molecule has 0 aromatic heterocycles. The highest BCUT2D eigenvalue weighted by Gasteiger charge is 2.23. The van der Waals surface area contributed by atoms with E-state index in [4.69, 9.17) is 5.11 Å². The number of anilines is 1. The number of aliphatic hydroxyl groups is 1. The Morgan fingerprint density at radius 3 is 2.59 bits per heavy atom. The highest BCUT2D eigenvalue weighted by Crippen LogP contribution is 2.29. The molecule has 0 bridgehead atoms. The number of hydrogen-bond donors (Lipinski definition) is 3. The SMILES string of the molecule is CC(NC(=O)C(=O)O)c1cc(F)ccc1N1CCC(O)CC1. The zero-order valence-corrected chi connectivity index (χ0v) is 12.3. The summed E-state index contributed by atoms with van der Waals surface area (Å²) in [6, 6.07) is 3.61. The number of rotatable bonds is 3. The summed E-state index contributed by atoms with van der Waals surface area (Å²) in [6.07, 6.45) is 0.906. The van der Waals surface area contributed by atoms with Crippen molar-refractivity contribution in [1.29, 1.82) is 0 Å². The van der Waals surface area contributed by atoms with Crippen LogP contribution in [0.1, 0.15) is 31.4 Å². The minimum absolute atomic E-state index is 0.329. The van der Waals surface area contributed by atoms with Gasteiger partial charge in [-0.05, 0) is 38.0 Å². The predicted octanol–water partition coefficient (Wildman–Crippen LogP) is 1.05. The molecule has 1 fully saturated rings. The van der Waals surface area contributed by atoms with Crippen LogP contribution in [-0.2, 0) is 9.59 Å². The number of amides is 1. The third-order valence-electron chi connectivity index (χ3n) is 3.80. The molecule has 1 saturated heterocycles. The Morgan fingerprint density at radius 2 is 2.00 bits per heavy atom. The van der Waals surface area contributed by atoms with Crippen molar-refractivity contribution in [3.8, 4) is 0 Å². The summed E-state index contributed by atoms with van der Waals surface area (Å²) < 4.78 is 13.5. The molecule has 1 heterocycles. The van der Waals surface area contributed by atoms with E-state index in [-0.39, 0.29) is 6.10 Å². The van der Waals surface area contributed by atoms with Crippen LogP contribution in [0.2, 0.25) is 0 Å². The summed E-state index contributed by atoms with van der Waals surface area (Å²) in [4.78, 5) is 23.9. The molecule has 1 aromatic rings. The molecule has 6 nitrogen and oxygen atoms in total. The van der Waals surface area contributed by atoms with E-state index >= 15 is 0 Å². The number of nitrogens with zero attached hydrogens (tertiary/aromatic N) is 1. The van der Waals surface area contributed by atoms with Crippen molar-refractivity contribution in [2.45, 2.75) is 31.9 Å². The van der Waals surface area contributed by atoms with Crippen LogP contribution in [0, 0.1) is 5.82 Å². The molecule has 22 heavy (non-hydrogen) atoms. The molecule has 3 N–H and O–H groups in total. The average Bonchev–Trinajstić information content (AvgIpc) is 2.48. The fourth-order valence-electron chi connectivity index (χ4n) is 2.60. The Bertz CT molecular complexity index is 571. The van der Waals surface area contributed by atoms with Gasteiger partial charge in [0, 0.05) is 24.3 Å². The number of nitrogens with one attached hydrogen (secondary N) is 1. The van der Waals surface area contributed by atoms with Gasteiger partial charge in [-0.1, -0.05) is 0 Å². The first kappa shape index (κ1) is 16.2.